The molecule has 34 heavy (non-hydrogen) atoms. The molecule has 3 aromatic rings. The lowest BCUT2D eigenvalue weighted by atomic mass is 9.83. The highest BCUT2D eigenvalue weighted by atomic mass is 16.2. The summed E-state index contributed by atoms with van der Waals surface area (Å²) in [5.74, 6) is 0.692. The first kappa shape index (κ1) is 22.5. The topological polar surface area (TPSA) is 65.5 Å². The Bertz CT molecular complexity index is 1190. The number of nitrogens with one attached hydrogen (secondary N) is 1. The van der Waals surface area contributed by atoms with E-state index >= 15 is 0 Å². The molecule has 1 aromatic heterocycles. The number of nitrogens with zero attached hydrogens (tertiary/aromatic N) is 3. The number of aryl methyl sites for hydroxylation is 1. The zero-order valence-corrected chi connectivity index (χ0v) is 19.8. The van der Waals surface area contributed by atoms with Gasteiger partial charge in [0.25, 0.3) is 5.91 Å². The number of hydrogen-bond donors (Lipinski definition) is 1. The molecule has 0 spiro atoms. The van der Waals surface area contributed by atoms with Crippen LogP contribution >= 0.6 is 0 Å². The minimum Gasteiger partial charge on any atom is -0.351 e. The van der Waals surface area contributed by atoms with E-state index in [4.69, 9.17) is 4.98 Å². The number of carbonyl (C=O) groups is 2. The third-order valence-corrected chi connectivity index (χ3v) is 7.08. The maximum Gasteiger partial charge on any atom is 0.254 e. The van der Waals surface area contributed by atoms with Crippen molar-refractivity contribution in [3.05, 3.63) is 77.0 Å². The molecule has 1 aliphatic carbocycles. The molecule has 6 heteroatoms. The smallest absolute Gasteiger partial charge is 0.254 e. The standard InChI is InChI=1S/C28H32N4O2/c1-20-11-12-25-23(17-20)27(22-9-5-6-10-24(22)30-25)28(34)32-15-13-31(14-16-32)19-26(33)29-18-21-7-3-2-4-8-21/h2-10,20H,11-19H2,1H3,(H,29,33)/t20-/m0/s1. The molecule has 1 fully saturated rings. The highest BCUT2D eigenvalue weighted by Crippen LogP contribution is 2.32. The SMILES string of the molecule is C[C@H]1CCc2nc3ccccc3c(C(=O)N3CCN(CC(=O)NCc4ccccc4)CC3)c2C1. The summed E-state index contributed by atoms with van der Waals surface area (Å²) in [6.07, 6.45) is 2.97. The predicted molar refractivity (Wildman–Crippen MR) is 134 cm³/mol. The Morgan fingerprint density at radius 1 is 1.00 bits per heavy atom. The minimum absolute atomic E-state index is 0.0202. The molecule has 0 unspecified atom stereocenters. The minimum atomic E-state index is 0.0202. The van der Waals surface area contributed by atoms with Gasteiger partial charge in [-0.25, -0.2) is 0 Å². The van der Waals surface area contributed by atoms with Crippen LogP contribution in [0.15, 0.2) is 54.6 Å². The van der Waals surface area contributed by atoms with Gasteiger partial charge in [-0.2, -0.15) is 0 Å². The number of hydrogen-bond acceptors (Lipinski definition) is 4. The molecule has 2 amide bonds. The van der Waals surface area contributed by atoms with Gasteiger partial charge in [0.1, 0.15) is 0 Å². The van der Waals surface area contributed by atoms with Crippen LogP contribution in [0.3, 0.4) is 0 Å². The number of piperazine rings is 1. The Morgan fingerprint density at radius 3 is 2.53 bits per heavy atom. The second kappa shape index (κ2) is 9.94. The quantitative estimate of drug-likeness (QED) is 0.639. The fourth-order valence-electron chi connectivity index (χ4n) is 5.13. The van der Waals surface area contributed by atoms with Crippen LogP contribution in [-0.4, -0.2) is 59.3 Å². The molecule has 0 bridgehead atoms. The lowest BCUT2D eigenvalue weighted by molar-refractivity contribution is -0.122. The van der Waals surface area contributed by atoms with Crippen LogP contribution in [0.2, 0.25) is 0 Å². The van der Waals surface area contributed by atoms with Crippen molar-refractivity contribution in [3.63, 3.8) is 0 Å². The average Bonchev–Trinajstić information content (AvgIpc) is 2.87. The van der Waals surface area contributed by atoms with Gasteiger partial charge >= 0.3 is 0 Å². The molecule has 1 saturated heterocycles. The van der Waals surface area contributed by atoms with Gasteiger partial charge in [0.05, 0.1) is 17.6 Å². The Labute approximate surface area is 201 Å². The second-order valence-corrected chi connectivity index (χ2v) is 9.61. The van der Waals surface area contributed by atoms with Crippen molar-refractivity contribution < 1.29 is 9.59 Å². The summed E-state index contributed by atoms with van der Waals surface area (Å²) in [5.41, 5.74) is 5.08. The van der Waals surface area contributed by atoms with Crippen LogP contribution in [0.1, 0.15) is 40.5 Å². The molecular weight excluding hydrogens is 424 g/mol. The van der Waals surface area contributed by atoms with Gasteiger partial charge < -0.3 is 10.2 Å². The molecule has 5 rings (SSSR count). The van der Waals surface area contributed by atoms with E-state index in [0.29, 0.717) is 45.2 Å². The summed E-state index contributed by atoms with van der Waals surface area (Å²) in [5, 5.41) is 3.96. The van der Waals surface area contributed by atoms with E-state index in [9.17, 15) is 9.59 Å². The van der Waals surface area contributed by atoms with E-state index in [1.165, 1.54) is 0 Å². The fraction of sp³-hybridized carbons (Fsp3) is 0.393. The van der Waals surface area contributed by atoms with Gasteiger partial charge in [0.15, 0.2) is 0 Å². The van der Waals surface area contributed by atoms with Gasteiger partial charge in [-0.1, -0.05) is 55.5 Å². The maximum atomic E-state index is 13.8. The van der Waals surface area contributed by atoms with E-state index in [2.05, 4.69) is 17.1 Å². The van der Waals surface area contributed by atoms with Crippen LogP contribution in [0.5, 0.6) is 0 Å². The van der Waals surface area contributed by atoms with Gasteiger partial charge in [-0.15, -0.1) is 0 Å². The Morgan fingerprint density at radius 2 is 1.74 bits per heavy atom. The van der Waals surface area contributed by atoms with Crippen LogP contribution in [0.4, 0.5) is 0 Å². The molecule has 0 radical (unpaired) electrons. The lowest BCUT2D eigenvalue weighted by Crippen LogP contribution is -2.51. The normalized spacial score (nSPS) is 18.5. The van der Waals surface area contributed by atoms with Crippen LogP contribution in [0, 0.1) is 5.92 Å². The number of amides is 2. The number of fused-ring (bicyclic) bond motifs is 2. The summed E-state index contributed by atoms with van der Waals surface area (Å²) in [4.78, 5) is 35.2. The monoisotopic (exact) mass is 456 g/mol. The van der Waals surface area contributed by atoms with Crippen molar-refractivity contribution in [2.75, 3.05) is 32.7 Å². The van der Waals surface area contributed by atoms with E-state index in [1.54, 1.807) is 0 Å². The summed E-state index contributed by atoms with van der Waals surface area (Å²) in [6.45, 7) is 5.82. The van der Waals surface area contributed by atoms with Crippen LogP contribution < -0.4 is 5.32 Å². The number of aromatic nitrogens is 1. The highest BCUT2D eigenvalue weighted by molar-refractivity contribution is 6.07. The number of benzene rings is 2. The summed E-state index contributed by atoms with van der Waals surface area (Å²) < 4.78 is 0. The molecule has 1 aliphatic heterocycles. The van der Waals surface area contributed by atoms with Crippen molar-refractivity contribution in [2.24, 2.45) is 5.92 Å². The van der Waals surface area contributed by atoms with Crippen molar-refractivity contribution in [1.29, 1.82) is 0 Å². The van der Waals surface area contributed by atoms with Crippen molar-refractivity contribution >= 4 is 22.7 Å². The Balaban J connectivity index is 1.25. The number of rotatable bonds is 5. The number of carbonyl (C=O) groups excluding carboxylic acids is 2. The second-order valence-electron chi connectivity index (χ2n) is 9.61. The average molecular weight is 457 g/mol. The first-order valence-electron chi connectivity index (χ1n) is 12.3. The van der Waals surface area contributed by atoms with Crippen molar-refractivity contribution in [1.82, 2.24) is 20.1 Å². The predicted octanol–water partition coefficient (Wildman–Crippen LogP) is 3.43. The molecule has 6 nitrogen and oxygen atoms in total. The summed E-state index contributed by atoms with van der Waals surface area (Å²) >= 11 is 0. The number of para-hydroxylation sites is 1. The Hall–Kier alpha value is -3.25. The molecule has 2 aromatic carbocycles. The lowest BCUT2D eigenvalue weighted by Gasteiger charge is -2.35. The first-order chi connectivity index (χ1) is 16.6. The zero-order valence-electron chi connectivity index (χ0n) is 19.8. The van der Waals surface area contributed by atoms with E-state index in [-0.39, 0.29) is 11.8 Å². The molecule has 0 saturated carbocycles. The van der Waals surface area contributed by atoms with Gasteiger partial charge in [-0.05, 0) is 42.4 Å². The summed E-state index contributed by atoms with van der Waals surface area (Å²) in [7, 11) is 0. The largest absolute Gasteiger partial charge is 0.351 e. The third-order valence-electron chi connectivity index (χ3n) is 7.08. The maximum absolute atomic E-state index is 13.8. The zero-order chi connectivity index (χ0) is 23.5. The Kier molecular flexibility index (Phi) is 6.59. The molecule has 176 valence electrons. The van der Waals surface area contributed by atoms with E-state index in [0.717, 1.165) is 52.5 Å². The van der Waals surface area contributed by atoms with Crippen LogP contribution in [0.25, 0.3) is 10.9 Å². The highest BCUT2D eigenvalue weighted by Gasteiger charge is 2.29. The molecule has 2 heterocycles. The van der Waals surface area contributed by atoms with E-state index in [1.807, 2.05) is 59.5 Å². The fourth-order valence-corrected chi connectivity index (χ4v) is 5.13. The molecule has 1 N–H and O–H groups in total. The van der Waals surface area contributed by atoms with Gasteiger partial charge in [-0.3, -0.25) is 19.5 Å². The molecular formula is C28H32N4O2. The van der Waals surface area contributed by atoms with Gasteiger partial charge in [0.2, 0.25) is 5.91 Å². The molecule has 1 atom stereocenters. The van der Waals surface area contributed by atoms with Crippen molar-refractivity contribution in [3.8, 4) is 0 Å². The first-order valence-corrected chi connectivity index (χ1v) is 12.3. The van der Waals surface area contributed by atoms with Gasteiger partial charge in [0, 0.05) is 43.8 Å². The third kappa shape index (κ3) is 4.82. The molecule has 2 aliphatic rings. The van der Waals surface area contributed by atoms with Crippen LogP contribution in [-0.2, 0) is 24.2 Å². The van der Waals surface area contributed by atoms with E-state index < -0.39 is 0 Å². The number of pyridine rings is 1. The summed E-state index contributed by atoms with van der Waals surface area (Å²) in [6, 6.07) is 18.0. The van der Waals surface area contributed by atoms with Crippen molar-refractivity contribution in [2.45, 2.75) is 32.7 Å².